The van der Waals surface area contributed by atoms with Crippen LogP contribution in [-0.2, 0) is 37.1 Å². The summed E-state index contributed by atoms with van der Waals surface area (Å²) in [5, 5.41) is 30.7. The topological polar surface area (TPSA) is 208 Å². The van der Waals surface area contributed by atoms with Crippen LogP contribution in [0.3, 0.4) is 0 Å². The van der Waals surface area contributed by atoms with Gasteiger partial charge in [-0.1, -0.05) is 41.9 Å². The smallest absolute Gasteiger partial charge is 0.348 e. The van der Waals surface area contributed by atoms with E-state index in [4.69, 9.17) is 22.2 Å². The number of nitrogens with two attached hydrogens (primary N) is 1. The number of hydrogen-bond donors (Lipinski definition) is 4. The van der Waals surface area contributed by atoms with E-state index in [9.17, 15) is 29.4 Å². The SMILES string of the molecule is CNCCCn1ccc2c1ccc[n+]2CC1=C(C(=O)[O-])N2C(=O)C(NC(=O)/C(=N\O[C@H](C(=O)O)C(C)C)c3nc(N)sc3Cl)C2SC1. The van der Waals surface area contributed by atoms with Gasteiger partial charge in [0.05, 0.1) is 11.7 Å². The number of aryl methyl sites for hydroxylation is 1. The van der Waals surface area contributed by atoms with Crippen LogP contribution in [0, 0.1) is 5.92 Å². The summed E-state index contributed by atoms with van der Waals surface area (Å²) < 4.78 is 4.06. The second-order valence-electron chi connectivity index (χ2n) is 11.2. The monoisotopic (exact) mass is 704 g/mol. The van der Waals surface area contributed by atoms with E-state index in [1.807, 2.05) is 42.2 Å². The van der Waals surface area contributed by atoms with Gasteiger partial charge in [0.1, 0.15) is 27.0 Å². The molecule has 0 radical (unpaired) electrons. The molecule has 0 saturated carbocycles. The Kier molecular flexibility index (Phi) is 10.4. The molecule has 5 rings (SSSR count). The van der Waals surface area contributed by atoms with E-state index < -0.39 is 52.9 Å². The van der Waals surface area contributed by atoms with Crippen molar-refractivity contribution in [2.45, 2.75) is 50.9 Å². The number of fused-ring (bicyclic) bond motifs is 2. The summed E-state index contributed by atoms with van der Waals surface area (Å²) in [6, 6.07) is 4.72. The molecule has 2 unspecified atom stereocenters. The minimum atomic E-state index is -1.50. The molecular formula is C29H33ClN8O7S2. The molecule has 1 saturated heterocycles. The number of thioether (sulfide) groups is 1. The first-order chi connectivity index (χ1) is 22.4. The summed E-state index contributed by atoms with van der Waals surface area (Å²) in [7, 11) is 1.90. The number of amides is 2. The van der Waals surface area contributed by atoms with Gasteiger partial charge in [0, 0.05) is 42.1 Å². The van der Waals surface area contributed by atoms with Crippen molar-refractivity contribution in [2.24, 2.45) is 11.1 Å². The Balaban J connectivity index is 1.37. The number of carboxylic acids is 2. The van der Waals surface area contributed by atoms with Crippen molar-refractivity contribution >= 4 is 80.3 Å². The number of nitrogen functional groups attached to an aromatic ring is 1. The lowest BCUT2D eigenvalue weighted by Gasteiger charge is -2.50. The highest BCUT2D eigenvalue weighted by Crippen LogP contribution is 2.40. The zero-order chi connectivity index (χ0) is 34.0. The fourth-order valence-corrected chi connectivity index (χ4v) is 7.66. The summed E-state index contributed by atoms with van der Waals surface area (Å²) in [6.45, 7) is 5.09. The number of thiazole rings is 1. The lowest BCUT2D eigenvalue weighted by atomic mass is 10.0. The molecule has 0 aromatic carbocycles. The third kappa shape index (κ3) is 6.93. The average Bonchev–Trinajstić information content (AvgIpc) is 3.59. The quantitative estimate of drug-likeness (QED) is 0.0584. The molecule has 3 aromatic heterocycles. The van der Waals surface area contributed by atoms with Gasteiger partial charge < -0.3 is 40.8 Å². The highest BCUT2D eigenvalue weighted by atomic mass is 35.5. The molecule has 15 nitrogen and oxygen atoms in total. The lowest BCUT2D eigenvalue weighted by molar-refractivity contribution is -0.663. The molecule has 0 aliphatic carbocycles. The van der Waals surface area contributed by atoms with Crippen molar-refractivity contribution in [3.63, 3.8) is 0 Å². The summed E-state index contributed by atoms with van der Waals surface area (Å²) >= 11 is 8.38. The van der Waals surface area contributed by atoms with E-state index in [2.05, 4.69) is 25.3 Å². The molecule has 250 valence electrons. The molecule has 0 bridgehead atoms. The number of oxime groups is 1. The normalized spacial score (nSPS) is 18.7. The largest absolute Gasteiger partial charge is 0.543 e. The number of carbonyl (C=O) groups excluding carboxylic acids is 3. The van der Waals surface area contributed by atoms with Crippen LogP contribution < -0.4 is 26.0 Å². The van der Waals surface area contributed by atoms with Gasteiger partial charge in [0.25, 0.3) is 11.8 Å². The molecule has 18 heteroatoms. The Labute approximate surface area is 282 Å². The van der Waals surface area contributed by atoms with E-state index in [-0.39, 0.29) is 33.2 Å². The average molecular weight is 705 g/mol. The number of halogens is 1. The number of pyridine rings is 1. The summed E-state index contributed by atoms with van der Waals surface area (Å²) in [4.78, 5) is 61.3. The summed E-state index contributed by atoms with van der Waals surface area (Å²) in [5.41, 5.74) is 7.26. The Bertz CT molecular complexity index is 1790. The van der Waals surface area contributed by atoms with Crippen LogP contribution in [0.25, 0.3) is 11.0 Å². The molecule has 3 atom stereocenters. The van der Waals surface area contributed by atoms with E-state index in [1.165, 1.54) is 11.8 Å². The molecule has 2 aliphatic rings. The maximum atomic E-state index is 13.5. The van der Waals surface area contributed by atoms with Crippen molar-refractivity contribution in [3.05, 3.63) is 51.9 Å². The minimum absolute atomic E-state index is 0.00216. The molecule has 47 heavy (non-hydrogen) atoms. The third-order valence-electron chi connectivity index (χ3n) is 7.68. The van der Waals surface area contributed by atoms with Gasteiger partial charge >= 0.3 is 5.97 Å². The maximum absolute atomic E-state index is 13.5. The zero-order valence-electron chi connectivity index (χ0n) is 25.6. The van der Waals surface area contributed by atoms with Crippen molar-refractivity contribution < 1.29 is 38.8 Å². The van der Waals surface area contributed by atoms with Crippen molar-refractivity contribution in [1.29, 1.82) is 0 Å². The number of nitrogens with one attached hydrogen (secondary N) is 2. The van der Waals surface area contributed by atoms with Gasteiger partial charge in [-0.2, -0.15) is 4.57 Å². The Morgan fingerprint density at radius 1 is 1.34 bits per heavy atom. The second-order valence-corrected chi connectivity index (χ2v) is 13.9. The fourth-order valence-electron chi connectivity index (χ4n) is 5.40. The second kappa shape index (κ2) is 14.3. The highest BCUT2D eigenvalue weighted by Gasteiger charge is 2.53. The van der Waals surface area contributed by atoms with E-state index in [1.54, 1.807) is 13.8 Å². The van der Waals surface area contributed by atoms with Crippen LogP contribution in [-0.4, -0.2) is 85.9 Å². The van der Waals surface area contributed by atoms with E-state index in [0.29, 0.717) is 5.57 Å². The van der Waals surface area contributed by atoms with Crippen LogP contribution in [0.15, 0.2) is 47.0 Å². The maximum Gasteiger partial charge on any atom is 0.348 e. The van der Waals surface area contributed by atoms with Gasteiger partial charge in [-0.25, -0.2) is 9.78 Å². The van der Waals surface area contributed by atoms with Crippen LogP contribution in [0.4, 0.5) is 5.13 Å². The van der Waals surface area contributed by atoms with Gasteiger partial charge in [-0.15, -0.1) is 11.8 Å². The Morgan fingerprint density at radius 2 is 2.11 bits per heavy atom. The first kappa shape index (κ1) is 34.2. The molecule has 1 fully saturated rings. The van der Waals surface area contributed by atoms with Gasteiger partial charge in [-0.05, 0) is 26.1 Å². The third-order valence-corrected chi connectivity index (χ3v) is 10.1. The fraction of sp³-hybridized carbons (Fsp3) is 0.414. The highest BCUT2D eigenvalue weighted by molar-refractivity contribution is 8.00. The van der Waals surface area contributed by atoms with Crippen molar-refractivity contribution in [3.8, 4) is 0 Å². The molecule has 2 aliphatic heterocycles. The van der Waals surface area contributed by atoms with Gasteiger partial charge in [-0.3, -0.25) is 14.5 Å². The molecule has 5 heterocycles. The predicted molar refractivity (Wildman–Crippen MR) is 173 cm³/mol. The Morgan fingerprint density at radius 3 is 2.74 bits per heavy atom. The molecule has 3 aromatic rings. The summed E-state index contributed by atoms with van der Waals surface area (Å²) in [5.74, 6) is -4.66. The number of anilines is 1. The number of hydrogen-bond acceptors (Lipinski definition) is 12. The molecule has 0 spiro atoms. The number of nitrogens with zero attached hydrogens (tertiary/aromatic N) is 5. The zero-order valence-corrected chi connectivity index (χ0v) is 28.0. The van der Waals surface area contributed by atoms with Crippen LogP contribution in [0.2, 0.25) is 4.34 Å². The van der Waals surface area contributed by atoms with Crippen LogP contribution >= 0.6 is 34.7 Å². The molecule has 2 amide bonds. The number of carbonyl (C=O) groups is 4. The number of β-lactam (4-membered cyclic amide) rings is 1. The standard InChI is InChI=1S/C29H33ClN8O7S2/c1-14(2)22(28(43)44)45-35-19(18-23(30)47-29(31)34-18)24(39)33-20-25(40)38-21(27(41)42)15(13-46-26(20)38)12-37-9-4-6-16-17(37)7-11-36(16)10-5-8-32-3/h4,6-7,9,11,14,20,22,26,32H,5,8,10,12-13H2,1-3H3,(H4-,31,33,34,39,41,42,43,44)/b35-19-/t20?,22-,26?/m0/s1. The number of aromatic nitrogens is 3. The van der Waals surface area contributed by atoms with Crippen LogP contribution in [0.5, 0.6) is 0 Å². The summed E-state index contributed by atoms with van der Waals surface area (Å²) in [6.07, 6.45) is 3.39. The van der Waals surface area contributed by atoms with E-state index in [0.717, 1.165) is 46.8 Å². The Hall–Kier alpha value is -4.19. The molecular weight excluding hydrogens is 672 g/mol. The first-order valence-electron chi connectivity index (χ1n) is 14.6. The van der Waals surface area contributed by atoms with Crippen molar-refractivity contribution in [2.75, 3.05) is 25.1 Å². The van der Waals surface area contributed by atoms with Gasteiger partial charge in [0.2, 0.25) is 11.6 Å². The molecule has 5 N–H and O–H groups in total. The minimum Gasteiger partial charge on any atom is -0.543 e. The predicted octanol–water partition coefficient (Wildman–Crippen LogP) is 0.164. The number of rotatable bonds is 14. The van der Waals surface area contributed by atoms with Gasteiger partial charge in [0.15, 0.2) is 23.6 Å². The lowest BCUT2D eigenvalue weighted by Crippen LogP contribution is -2.71. The number of carboxylic acid groups (broad SMARTS) is 2. The number of aliphatic carboxylic acids is 2. The first-order valence-corrected chi connectivity index (χ1v) is 16.9. The van der Waals surface area contributed by atoms with Crippen molar-refractivity contribution in [1.82, 2.24) is 25.1 Å². The van der Waals surface area contributed by atoms with E-state index >= 15 is 0 Å². The van der Waals surface area contributed by atoms with Crippen LogP contribution in [0.1, 0.15) is 26.0 Å².